The number of hydrogen-bond donors (Lipinski definition) is 2. The fourth-order valence-corrected chi connectivity index (χ4v) is 2.03. The van der Waals surface area contributed by atoms with E-state index in [4.69, 9.17) is 4.74 Å². The normalized spacial score (nSPS) is 13.8. The van der Waals surface area contributed by atoms with Crippen molar-refractivity contribution in [2.24, 2.45) is 0 Å². The Hall–Kier alpha value is -1.08. The van der Waals surface area contributed by atoms with Crippen LogP contribution in [0.5, 0.6) is 0 Å². The largest absolute Gasteiger partial charge is 0.378 e. The van der Waals surface area contributed by atoms with Gasteiger partial charge in [0.15, 0.2) is 0 Å². The van der Waals surface area contributed by atoms with Crippen LogP contribution in [0.25, 0.3) is 0 Å². The summed E-state index contributed by atoms with van der Waals surface area (Å²) in [4.78, 5) is 18.2. The zero-order chi connectivity index (χ0) is 14.2. The molecule has 0 atom stereocenters. The van der Waals surface area contributed by atoms with Gasteiger partial charge in [-0.05, 0) is 18.7 Å². The van der Waals surface area contributed by atoms with Crippen molar-refractivity contribution >= 4 is 36.5 Å². The molecule has 22 heavy (non-hydrogen) atoms. The number of hydrogen-bond acceptors (Lipinski definition) is 5. The molecule has 0 unspecified atom stereocenters. The molecular weight excluding hydrogens is 327 g/mol. The SMILES string of the molecule is CNCCC(=O)NCc1ccc(N2CCOCC2)nc1.Cl.Cl. The molecule has 1 saturated heterocycles. The van der Waals surface area contributed by atoms with E-state index in [-0.39, 0.29) is 30.7 Å². The van der Waals surface area contributed by atoms with Gasteiger partial charge in [0.05, 0.1) is 13.2 Å². The number of nitrogens with one attached hydrogen (secondary N) is 2. The third-order valence-electron chi connectivity index (χ3n) is 3.24. The van der Waals surface area contributed by atoms with Crippen LogP contribution in [0.3, 0.4) is 0 Å². The molecule has 126 valence electrons. The van der Waals surface area contributed by atoms with Crippen molar-refractivity contribution in [1.82, 2.24) is 15.6 Å². The fraction of sp³-hybridized carbons (Fsp3) is 0.571. The number of ether oxygens (including phenoxy) is 1. The van der Waals surface area contributed by atoms with Crippen LogP contribution in [0.2, 0.25) is 0 Å². The molecule has 1 aliphatic rings. The van der Waals surface area contributed by atoms with E-state index in [9.17, 15) is 4.79 Å². The lowest BCUT2D eigenvalue weighted by Gasteiger charge is -2.27. The molecule has 0 bridgehead atoms. The molecule has 0 spiro atoms. The maximum atomic E-state index is 11.5. The average Bonchev–Trinajstić information content (AvgIpc) is 2.52. The predicted octanol–water partition coefficient (Wildman–Crippen LogP) is 0.988. The molecule has 1 aromatic heterocycles. The molecule has 2 N–H and O–H groups in total. The highest BCUT2D eigenvalue weighted by molar-refractivity contribution is 5.85. The summed E-state index contributed by atoms with van der Waals surface area (Å²) in [6, 6.07) is 4.01. The summed E-state index contributed by atoms with van der Waals surface area (Å²) in [6.45, 7) is 4.50. The molecule has 1 aromatic rings. The standard InChI is InChI=1S/C14H22N4O2.2ClH/c1-15-5-4-14(19)17-11-12-2-3-13(16-10-12)18-6-8-20-9-7-18;;/h2-3,10,15H,4-9,11H2,1H3,(H,17,19);2*1H. The summed E-state index contributed by atoms with van der Waals surface area (Å²) >= 11 is 0. The maximum Gasteiger partial charge on any atom is 0.221 e. The van der Waals surface area contributed by atoms with Crippen LogP contribution in [-0.2, 0) is 16.1 Å². The molecular formula is C14H24Cl2N4O2. The lowest BCUT2D eigenvalue weighted by molar-refractivity contribution is -0.121. The van der Waals surface area contributed by atoms with Gasteiger partial charge in [0.1, 0.15) is 5.82 Å². The molecule has 0 aliphatic carbocycles. The summed E-state index contributed by atoms with van der Waals surface area (Å²) in [5.41, 5.74) is 1.01. The third-order valence-corrected chi connectivity index (χ3v) is 3.24. The Morgan fingerprint density at radius 3 is 2.64 bits per heavy atom. The van der Waals surface area contributed by atoms with E-state index >= 15 is 0 Å². The van der Waals surface area contributed by atoms with Crippen molar-refractivity contribution in [3.05, 3.63) is 23.9 Å². The highest BCUT2D eigenvalue weighted by Gasteiger charge is 2.11. The van der Waals surface area contributed by atoms with Crippen LogP contribution in [0, 0.1) is 0 Å². The summed E-state index contributed by atoms with van der Waals surface area (Å²) in [5, 5.41) is 5.83. The highest BCUT2D eigenvalue weighted by atomic mass is 35.5. The van der Waals surface area contributed by atoms with Crippen LogP contribution < -0.4 is 15.5 Å². The quantitative estimate of drug-likeness (QED) is 0.800. The van der Waals surface area contributed by atoms with Crippen LogP contribution in [0.1, 0.15) is 12.0 Å². The average molecular weight is 351 g/mol. The number of aromatic nitrogens is 1. The summed E-state index contributed by atoms with van der Waals surface area (Å²) in [7, 11) is 1.83. The number of rotatable bonds is 6. The monoisotopic (exact) mass is 350 g/mol. The Kier molecular flexibility index (Phi) is 10.9. The van der Waals surface area contributed by atoms with E-state index in [2.05, 4.69) is 20.5 Å². The minimum absolute atomic E-state index is 0. The topological polar surface area (TPSA) is 66.5 Å². The first-order valence-corrected chi connectivity index (χ1v) is 6.98. The number of anilines is 1. The van der Waals surface area contributed by atoms with Crippen LogP contribution in [0.4, 0.5) is 5.82 Å². The van der Waals surface area contributed by atoms with Gasteiger partial charge in [0.2, 0.25) is 5.91 Å². The minimum atomic E-state index is 0. The first-order chi connectivity index (χ1) is 9.79. The Morgan fingerprint density at radius 2 is 2.05 bits per heavy atom. The van der Waals surface area contributed by atoms with Gasteiger partial charge >= 0.3 is 0 Å². The van der Waals surface area contributed by atoms with E-state index in [1.807, 2.05) is 25.4 Å². The molecule has 2 rings (SSSR count). The predicted molar refractivity (Wildman–Crippen MR) is 92.2 cm³/mol. The molecule has 0 radical (unpaired) electrons. The number of nitrogens with zero attached hydrogens (tertiary/aromatic N) is 2. The first kappa shape index (κ1) is 20.9. The molecule has 6 nitrogen and oxygen atoms in total. The number of halogens is 2. The van der Waals surface area contributed by atoms with Crippen LogP contribution in [-0.4, -0.2) is 50.8 Å². The van der Waals surface area contributed by atoms with E-state index < -0.39 is 0 Å². The van der Waals surface area contributed by atoms with Gasteiger partial charge in [-0.2, -0.15) is 0 Å². The number of carbonyl (C=O) groups excluding carboxylic acids is 1. The highest BCUT2D eigenvalue weighted by Crippen LogP contribution is 2.12. The van der Waals surface area contributed by atoms with Crippen molar-refractivity contribution in [3.63, 3.8) is 0 Å². The van der Waals surface area contributed by atoms with E-state index in [1.54, 1.807) is 0 Å². The second kappa shape index (κ2) is 11.5. The van der Waals surface area contributed by atoms with E-state index in [1.165, 1.54) is 0 Å². The number of amides is 1. The minimum Gasteiger partial charge on any atom is -0.378 e. The molecule has 1 amide bonds. The Labute approximate surface area is 143 Å². The van der Waals surface area contributed by atoms with E-state index in [0.29, 0.717) is 19.5 Å². The van der Waals surface area contributed by atoms with Gasteiger partial charge in [0, 0.05) is 38.8 Å². The Bertz CT molecular complexity index is 425. The van der Waals surface area contributed by atoms with Crippen molar-refractivity contribution in [3.8, 4) is 0 Å². The Balaban J connectivity index is 0.00000220. The molecule has 1 aliphatic heterocycles. The number of pyridine rings is 1. The van der Waals surface area contributed by atoms with Gasteiger partial charge in [-0.25, -0.2) is 4.98 Å². The second-order valence-electron chi connectivity index (χ2n) is 4.75. The van der Waals surface area contributed by atoms with Crippen molar-refractivity contribution in [1.29, 1.82) is 0 Å². The molecule has 8 heteroatoms. The van der Waals surface area contributed by atoms with Crippen LogP contribution in [0.15, 0.2) is 18.3 Å². The van der Waals surface area contributed by atoms with Crippen molar-refractivity contribution in [2.45, 2.75) is 13.0 Å². The lowest BCUT2D eigenvalue weighted by atomic mass is 10.2. The third kappa shape index (κ3) is 6.79. The van der Waals surface area contributed by atoms with Gasteiger partial charge in [-0.15, -0.1) is 24.8 Å². The molecule has 0 aromatic carbocycles. The first-order valence-electron chi connectivity index (χ1n) is 6.98. The van der Waals surface area contributed by atoms with Crippen molar-refractivity contribution < 1.29 is 9.53 Å². The molecule has 1 fully saturated rings. The fourth-order valence-electron chi connectivity index (χ4n) is 2.03. The molecule has 0 saturated carbocycles. The Morgan fingerprint density at radius 1 is 1.32 bits per heavy atom. The summed E-state index contributed by atoms with van der Waals surface area (Å²) < 4.78 is 5.32. The van der Waals surface area contributed by atoms with Gasteiger partial charge in [-0.1, -0.05) is 6.07 Å². The number of morpholine rings is 1. The zero-order valence-electron chi connectivity index (χ0n) is 12.7. The van der Waals surface area contributed by atoms with Gasteiger partial charge in [0.25, 0.3) is 0 Å². The smallest absolute Gasteiger partial charge is 0.221 e. The number of carbonyl (C=O) groups is 1. The van der Waals surface area contributed by atoms with Gasteiger partial charge in [-0.3, -0.25) is 4.79 Å². The van der Waals surface area contributed by atoms with Crippen LogP contribution >= 0.6 is 24.8 Å². The lowest BCUT2D eigenvalue weighted by Crippen LogP contribution is -2.36. The molecule has 2 heterocycles. The maximum absolute atomic E-state index is 11.5. The van der Waals surface area contributed by atoms with Crippen molar-refractivity contribution in [2.75, 3.05) is 44.8 Å². The van der Waals surface area contributed by atoms with Gasteiger partial charge < -0.3 is 20.3 Å². The zero-order valence-corrected chi connectivity index (χ0v) is 14.3. The van der Waals surface area contributed by atoms with E-state index in [0.717, 1.165) is 37.7 Å². The summed E-state index contributed by atoms with van der Waals surface area (Å²) in [6.07, 6.45) is 2.32. The second-order valence-corrected chi connectivity index (χ2v) is 4.75. The summed E-state index contributed by atoms with van der Waals surface area (Å²) in [5.74, 6) is 1.02.